The van der Waals surface area contributed by atoms with Crippen molar-refractivity contribution in [2.75, 3.05) is 24.7 Å². The van der Waals surface area contributed by atoms with Gasteiger partial charge in [0.05, 0.1) is 22.8 Å². The van der Waals surface area contributed by atoms with E-state index in [1.54, 1.807) is 30.3 Å². The molecule has 3 N–H and O–H groups in total. The predicted octanol–water partition coefficient (Wildman–Crippen LogP) is 2.63. The molecule has 2 aromatic carbocycles. The molecule has 2 atom stereocenters. The van der Waals surface area contributed by atoms with E-state index in [1.807, 2.05) is 0 Å². The summed E-state index contributed by atoms with van der Waals surface area (Å²) >= 11 is 10.4. The second-order valence-corrected chi connectivity index (χ2v) is 11.0. The molecule has 166 valence electrons. The first-order valence-electron chi connectivity index (χ1n) is 8.99. The van der Waals surface area contributed by atoms with Gasteiger partial charge in [0.1, 0.15) is 11.2 Å². The monoisotopic (exact) mass is 547 g/mol. The average molecular weight is 549 g/mol. The van der Waals surface area contributed by atoms with E-state index in [1.165, 1.54) is 19.2 Å². The lowest BCUT2D eigenvalue weighted by Gasteiger charge is -2.29. The predicted molar refractivity (Wildman–Crippen MR) is 124 cm³/mol. The van der Waals surface area contributed by atoms with Crippen molar-refractivity contribution in [3.63, 3.8) is 0 Å². The number of hydrogen-bond acceptors (Lipinski definition) is 7. The van der Waals surface area contributed by atoms with Crippen LogP contribution < -0.4 is 20.7 Å². The van der Waals surface area contributed by atoms with E-state index in [4.69, 9.17) is 16.3 Å². The lowest BCUT2D eigenvalue weighted by atomic mass is 10.3. The number of methoxy groups -OCH3 is 1. The number of benzene rings is 2. The van der Waals surface area contributed by atoms with Gasteiger partial charge in [-0.15, -0.1) is 11.8 Å². The lowest BCUT2D eigenvalue weighted by molar-refractivity contribution is -0.122. The largest absolute Gasteiger partial charge is 0.495 e. The van der Waals surface area contributed by atoms with Gasteiger partial charge in [-0.3, -0.25) is 14.9 Å². The van der Waals surface area contributed by atoms with Crippen molar-refractivity contribution in [2.24, 2.45) is 0 Å². The molecule has 2 amide bonds. The Bertz CT molecular complexity index is 1080. The molecule has 1 aliphatic rings. The highest BCUT2D eigenvalue weighted by molar-refractivity contribution is 9.10. The second kappa shape index (κ2) is 10.2. The van der Waals surface area contributed by atoms with Gasteiger partial charge in [-0.2, -0.15) is 0 Å². The van der Waals surface area contributed by atoms with Crippen molar-refractivity contribution in [2.45, 2.75) is 15.6 Å². The molecule has 0 saturated carbocycles. The van der Waals surface area contributed by atoms with Gasteiger partial charge in [-0.25, -0.2) is 8.42 Å². The number of rotatable bonds is 7. The topological polar surface area (TPSA) is 114 Å². The Morgan fingerprint density at radius 1 is 1.29 bits per heavy atom. The minimum absolute atomic E-state index is 0.0335. The van der Waals surface area contributed by atoms with Crippen molar-refractivity contribution in [3.8, 4) is 5.75 Å². The number of carbonyl (C=O) groups excluding carboxylic acids is 2. The quantitative estimate of drug-likeness (QED) is 0.487. The fraction of sp³-hybridized carbons (Fsp3) is 0.263. The van der Waals surface area contributed by atoms with Gasteiger partial charge in [-0.1, -0.05) is 27.5 Å². The fourth-order valence-electron chi connectivity index (χ4n) is 2.82. The van der Waals surface area contributed by atoms with Gasteiger partial charge in [-0.05, 0) is 42.5 Å². The van der Waals surface area contributed by atoms with Crippen molar-refractivity contribution >= 4 is 66.6 Å². The van der Waals surface area contributed by atoms with E-state index in [2.05, 4.69) is 31.9 Å². The summed E-state index contributed by atoms with van der Waals surface area (Å²) < 4.78 is 31.3. The Labute approximate surface area is 197 Å². The SMILES string of the molecule is COc1ccc(NC(=O)CSC2NCC(S(=O)(=O)c3ccc(Br)cc3)C(=O)N2)cc1Cl. The summed E-state index contributed by atoms with van der Waals surface area (Å²) in [6.45, 7) is -0.0579. The summed E-state index contributed by atoms with van der Waals surface area (Å²) in [7, 11) is -2.34. The Morgan fingerprint density at radius 2 is 2.00 bits per heavy atom. The van der Waals surface area contributed by atoms with Gasteiger partial charge >= 0.3 is 0 Å². The fourth-order valence-corrected chi connectivity index (χ4v) is 5.66. The lowest BCUT2D eigenvalue weighted by Crippen LogP contribution is -2.59. The number of nitrogens with one attached hydrogen (secondary N) is 3. The number of thioether (sulfide) groups is 1. The minimum atomic E-state index is -3.84. The van der Waals surface area contributed by atoms with Crippen LogP contribution in [0.1, 0.15) is 0 Å². The van der Waals surface area contributed by atoms with Crippen LogP contribution in [0.5, 0.6) is 5.75 Å². The molecule has 0 radical (unpaired) electrons. The van der Waals surface area contributed by atoms with Gasteiger partial charge in [0.25, 0.3) is 0 Å². The number of ether oxygens (including phenoxy) is 1. The summed E-state index contributed by atoms with van der Waals surface area (Å²) in [6.07, 6.45) is 0. The number of halogens is 2. The van der Waals surface area contributed by atoms with E-state index >= 15 is 0 Å². The first-order valence-corrected chi connectivity index (χ1v) is 12.8. The van der Waals surface area contributed by atoms with Crippen LogP contribution >= 0.6 is 39.3 Å². The third kappa shape index (κ3) is 5.92. The Balaban J connectivity index is 1.53. The second-order valence-electron chi connectivity index (χ2n) is 6.49. The molecule has 8 nitrogen and oxygen atoms in total. The molecule has 2 aromatic rings. The van der Waals surface area contributed by atoms with Gasteiger partial charge < -0.3 is 15.4 Å². The summed E-state index contributed by atoms with van der Waals surface area (Å²) in [6, 6.07) is 11.0. The van der Waals surface area contributed by atoms with Gasteiger partial charge in [0, 0.05) is 16.7 Å². The first-order chi connectivity index (χ1) is 14.7. The van der Waals surface area contributed by atoms with E-state index in [0.717, 1.165) is 16.2 Å². The minimum Gasteiger partial charge on any atom is -0.495 e. The van der Waals surface area contributed by atoms with Crippen LogP contribution in [0.25, 0.3) is 0 Å². The zero-order chi connectivity index (χ0) is 22.6. The molecule has 1 aliphatic heterocycles. The zero-order valence-electron chi connectivity index (χ0n) is 16.2. The summed E-state index contributed by atoms with van der Waals surface area (Å²) in [4.78, 5) is 24.7. The molecule has 0 bridgehead atoms. The molecule has 1 fully saturated rings. The standard InChI is InChI=1S/C19H19BrClN3O5S2/c1-29-15-7-4-12(8-14(15)21)23-17(25)10-30-19-22-9-16(18(26)24-19)31(27,28)13-5-2-11(20)3-6-13/h2-8,16,19,22H,9-10H2,1H3,(H,23,25)(H,24,26). The Kier molecular flexibility index (Phi) is 7.87. The molecule has 1 saturated heterocycles. The smallest absolute Gasteiger partial charge is 0.241 e. The third-order valence-corrected chi connectivity index (χ3v) is 8.32. The molecule has 0 spiro atoms. The van der Waals surface area contributed by atoms with E-state index in [-0.39, 0.29) is 23.1 Å². The molecule has 0 aromatic heterocycles. The highest BCUT2D eigenvalue weighted by Gasteiger charge is 2.38. The number of amides is 2. The van der Waals surface area contributed by atoms with Crippen LogP contribution in [0, 0.1) is 0 Å². The van der Waals surface area contributed by atoms with Crippen molar-refractivity contribution < 1.29 is 22.7 Å². The van der Waals surface area contributed by atoms with Crippen LogP contribution in [0.3, 0.4) is 0 Å². The number of carbonyl (C=O) groups is 2. The van der Waals surface area contributed by atoms with Gasteiger partial charge in [0.15, 0.2) is 15.1 Å². The molecule has 2 unspecified atom stereocenters. The molecule has 1 heterocycles. The molecule has 12 heteroatoms. The van der Waals surface area contributed by atoms with Crippen LogP contribution in [0.15, 0.2) is 51.8 Å². The normalized spacial score (nSPS) is 18.9. The highest BCUT2D eigenvalue weighted by Crippen LogP contribution is 2.27. The van der Waals surface area contributed by atoms with Crippen LogP contribution in [-0.2, 0) is 19.4 Å². The van der Waals surface area contributed by atoms with Crippen molar-refractivity contribution in [1.29, 1.82) is 0 Å². The summed E-state index contributed by atoms with van der Waals surface area (Å²) in [5.74, 6) is -0.379. The maximum atomic E-state index is 12.8. The molecular formula is C19H19BrClN3O5S2. The number of sulfone groups is 1. The summed E-state index contributed by atoms with van der Waals surface area (Å²) in [5, 5.41) is 7.38. The molecule has 3 rings (SSSR count). The number of hydrogen-bond donors (Lipinski definition) is 3. The van der Waals surface area contributed by atoms with Crippen LogP contribution in [0.2, 0.25) is 5.02 Å². The van der Waals surface area contributed by atoms with E-state index in [0.29, 0.717) is 16.5 Å². The third-order valence-electron chi connectivity index (χ3n) is 4.39. The number of anilines is 1. The molecule has 0 aliphatic carbocycles. The Morgan fingerprint density at radius 3 is 2.61 bits per heavy atom. The first kappa shape index (κ1) is 23.9. The van der Waals surface area contributed by atoms with E-state index < -0.39 is 26.5 Å². The maximum absolute atomic E-state index is 12.8. The Hall–Kier alpha value is -1.79. The van der Waals surface area contributed by atoms with E-state index in [9.17, 15) is 18.0 Å². The zero-order valence-corrected chi connectivity index (χ0v) is 20.2. The summed E-state index contributed by atoms with van der Waals surface area (Å²) in [5.41, 5.74) is -0.0771. The van der Waals surface area contributed by atoms with Crippen LogP contribution in [0.4, 0.5) is 5.69 Å². The average Bonchev–Trinajstić information content (AvgIpc) is 2.72. The van der Waals surface area contributed by atoms with Crippen molar-refractivity contribution in [3.05, 3.63) is 52.0 Å². The molecular weight excluding hydrogens is 530 g/mol. The molecule has 31 heavy (non-hydrogen) atoms. The van der Waals surface area contributed by atoms with Crippen molar-refractivity contribution in [1.82, 2.24) is 10.6 Å². The maximum Gasteiger partial charge on any atom is 0.241 e. The highest BCUT2D eigenvalue weighted by atomic mass is 79.9. The van der Waals surface area contributed by atoms with Gasteiger partial charge in [0.2, 0.25) is 11.8 Å². The van der Waals surface area contributed by atoms with Crippen LogP contribution in [-0.4, -0.2) is 50.4 Å².